The molecule has 5 nitrogen and oxygen atoms in total. The fourth-order valence-electron chi connectivity index (χ4n) is 1.57. The van der Waals surface area contributed by atoms with E-state index in [0.29, 0.717) is 12.5 Å². The number of rotatable bonds is 4. The van der Waals surface area contributed by atoms with Crippen molar-refractivity contribution >= 4 is 5.65 Å². The summed E-state index contributed by atoms with van der Waals surface area (Å²) in [6.07, 6.45) is 3.63. The third-order valence-electron chi connectivity index (χ3n) is 2.62. The van der Waals surface area contributed by atoms with Crippen LogP contribution in [0.3, 0.4) is 0 Å². The maximum absolute atomic E-state index is 5.67. The quantitative estimate of drug-likeness (QED) is 0.795. The smallest absolute Gasteiger partial charge is 0.177 e. The van der Waals surface area contributed by atoms with E-state index < -0.39 is 0 Å². The van der Waals surface area contributed by atoms with E-state index >= 15 is 0 Å². The fraction of sp³-hybridized carbons (Fsp3) is 0.500. The van der Waals surface area contributed by atoms with Crippen LogP contribution in [-0.4, -0.2) is 26.4 Å². The van der Waals surface area contributed by atoms with Gasteiger partial charge in [-0.25, -0.2) is 0 Å². The van der Waals surface area contributed by atoms with Crippen molar-refractivity contribution in [3.8, 4) is 0 Å². The molecule has 2 N–H and O–H groups in total. The molecule has 2 rings (SSSR count). The summed E-state index contributed by atoms with van der Waals surface area (Å²) in [6.45, 7) is 2.81. The molecule has 2 heterocycles. The zero-order valence-corrected chi connectivity index (χ0v) is 8.80. The van der Waals surface area contributed by atoms with Gasteiger partial charge in [-0.3, -0.25) is 0 Å². The number of fused-ring (bicyclic) bond motifs is 1. The van der Waals surface area contributed by atoms with E-state index in [0.717, 1.165) is 24.3 Å². The van der Waals surface area contributed by atoms with Crippen LogP contribution < -0.4 is 5.73 Å². The van der Waals surface area contributed by atoms with Crippen LogP contribution in [-0.2, 0) is 6.42 Å². The molecule has 0 aliphatic rings. The SMILES string of the molecule is CCC(CN)Cc1nnc2cccnn12. The Morgan fingerprint density at radius 2 is 2.33 bits per heavy atom. The number of nitrogens with two attached hydrogens (primary N) is 1. The molecule has 0 radical (unpaired) electrons. The largest absolute Gasteiger partial charge is 0.330 e. The van der Waals surface area contributed by atoms with Gasteiger partial charge in [0.2, 0.25) is 0 Å². The molecule has 0 saturated carbocycles. The van der Waals surface area contributed by atoms with E-state index in [4.69, 9.17) is 5.73 Å². The first kappa shape index (κ1) is 10.0. The lowest BCUT2D eigenvalue weighted by Gasteiger charge is -2.09. The Morgan fingerprint density at radius 1 is 1.47 bits per heavy atom. The van der Waals surface area contributed by atoms with Crippen LogP contribution in [0.1, 0.15) is 19.2 Å². The maximum atomic E-state index is 5.67. The lowest BCUT2D eigenvalue weighted by Crippen LogP contribution is -2.17. The Kier molecular flexibility index (Phi) is 2.91. The molecule has 0 spiro atoms. The summed E-state index contributed by atoms with van der Waals surface area (Å²) < 4.78 is 1.78. The molecule has 2 aromatic heterocycles. The zero-order valence-electron chi connectivity index (χ0n) is 8.80. The maximum Gasteiger partial charge on any atom is 0.177 e. The van der Waals surface area contributed by atoms with E-state index in [1.165, 1.54) is 0 Å². The second kappa shape index (κ2) is 4.35. The Morgan fingerprint density at radius 3 is 3.07 bits per heavy atom. The summed E-state index contributed by atoms with van der Waals surface area (Å²) in [7, 11) is 0. The van der Waals surface area contributed by atoms with Crippen molar-refractivity contribution in [2.45, 2.75) is 19.8 Å². The van der Waals surface area contributed by atoms with Gasteiger partial charge in [-0.15, -0.1) is 10.2 Å². The highest BCUT2D eigenvalue weighted by atomic mass is 15.4. The van der Waals surface area contributed by atoms with Gasteiger partial charge in [-0.1, -0.05) is 13.3 Å². The van der Waals surface area contributed by atoms with Gasteiger partial charge >= 0.3 is 0 Å². The Balaban J connectivity index is 2.28. The van der Waals surface area contributed by atoms with Crippen LogP contribution in [0, 0.1) is 5.92 Å². The molecule has 0 aromatic carbocycles. The van der Waals surface area contributed by atoms with E-state index in [1.807, 2.05) is 12.1 Å². The molecule has 0 saturated heterocycles. The third-order valence-corrected chi connectivity index (χ3v) is 2.62. The first-order valence-electron chi connectivity index (χ1n) is 5.20. The van der Waals surface area contributed by atoms with Crippen LogP contribution >= 0.6 is 0 Å². The number of nitrogens with zero attached hydrogens (tertiary/aromatic N) is 4. The lowest BCUT2D eigenvalue weighted by molar-refractivity contribution is 0.499. The van der Waals surface area contributed by atoms with E-state index in [-0.39, 0.29) is 0 Å². The predicted molar refractivity (Wildman–Crippen MR) is 57.3 cm³/mol. The standard InChI is InChI=1S/C10H15N5/c1-2-8(7-11)6-10-14-13-9-4-3-5-12-15(9)10/h3-5,8H,2,6-7,11H2,1H3. The van der Waals surface area contributed by atoms with Gasteiger partial charge in [-0.05, 0) is 24.6 Å². The number of aromatic nitrogens is 4. The molecule has 0 fully saturated rings. The normalized spacial score (nSPS) is 13.2. The molecule has 0 aliphatic carbocycles. The van der Waals surface area contributed by atoms with Gasteiger partial charge < -0.3 is 5.73 Å². The molecule has 0 bridgehead atoms. The average molecular weight is 205 g/mol. The van der Waals surface area contributed by atoms with Gasteiger partial charge in [0.05, 0.1) is 0 Å². The molecular weight excluding hydrogens is 190 g/mol. The van der Waals surface area contributed by atoms with Crippen LogP contribution in [0.15, 0.2) is 18.3 Å². The highest BCUT2D eigenvalue weighted by Crippen LogP contribution is 2.09. The van der Waals surface area contributed by atoms with Crippen molar-refractivity contribution in [3.05, 3.63) is 24.2 Å². The van der Waals surface area contributed by atoms with Crippen LogP contribution in [0.5, 0.6) is 0 Å². The summed E-state index contributed by atoms with van der Waals surface area (Å²) in [6, 6.07) is 3.75. The molecule has 1 atom stereocenters. The lowest BCUT2D eigenvalue weighted by atomic mass is 10.0. The van der Waals surface area contributed by atoms with Crippen molar-refractivity contribution < 1.29 is 0 Å². The second-order valence-electron chi connectivity index (χ2n) is 3.62. The minimum absolute atomic E-state index is 0.458. The van der Waals surface area contributed by atoms with Crippen molar-refractivity contribution in [2.24, 2.45) is 11.7 Å². The summed E-state index contributed by atoms with van der Waals surface area (Å²) in [5.74, 6) is 1.35. The van der Waals surface area contributed by atoms with Crippen molar-refractivity contribution in [2.75, 3.05) is 6.54 Å². The second-order valence-corrected chi connectivity index (χ2v) is 3.62. The first-order valence-corrected chi connectivity index (χ1v) is 5.20. The topological polar surface area (TPSA) is 69.1 Å². The monoisotopic (exact) mass is 205 g/mol. The van der Waals surface area contributed by atoms with Gasteiger partial charge in [0.25, 0.3) is 0 Å². The molecule has 5 heteroatoms. The predicted octanol–water partition coefficient (Wildman–Crippen LogP) is 0.652. The van der Waals surface area contributed by atoms with E-state index in [9.17, 15) is 0 Å². The highest BCUT2D eigenvalue weighted by molar-refractivity contribution is 5.34. The van der Waals surface area contributed by atoms with Crippen molar-refractivity contribution in [3.63, 3.8) is 0 Å². The summed E-state index contributed by atoms with van der Waals surface area (Å²) in [5, 5.41) is 12.4. The minimum Gasteiger partial charge on any atom is -0.330 e. The molecule has 80 valence electrons. The van der Waals surface area contributed by atoms with Crippen LogP contribution in [0.4, 0.5) is 0 Å². The van der Waals surface area contributed by atoms with E-state index in [1.54, 1.807) is 10.7 Å². The number of hydrogen-bond acceptors (Lipinski definition) is 4. The van der Waals surface area contributed by atoms with Gasteiger partial charge in [0, 0.05) is 12.6 Å². The summed E-state index contributed by atoms with van der Waals surface area (Å²) in [5.41, 5.74) is 6.46. The molecule has 1 unspecified atom stereocenters. The zero-order chi connectivity index (χ0) is 10.7. The molecule has 15 heavy (non-hydrogen) atoms. The van der Waals surface area contributed by atoms with Gasteiger partial charge in [0.15, 0.2) is 11.5 Å². The third kappa shape index (κ3) is 1.97. The van der Waals surface area contributed by atoms with Crippen LogP contribution in [0.2, 0.25) is 0 Å². The van der Waals surface area contributed by atoms with Gasteiger partial charge in [-0.2, -0.15) is 9.61 Å². The highest BCUT2D eigenvalue weighted by Gasteiger charge is 2.11. The average Bonchev–Trinajstić information content (AvgIpc) is 2.69. The number of hydrogen-bond donors (Lipinski definition) is 1. The fourth-order valence-corrected chi connectivity index (χ4v) is 1.57. The van der Waals surface area contributed by atoms with E-state index in [2.05, 4.69) is 22.2 Å². The van der Waals surface area contributed by atoms with Gasteiger partial charge in [0.1, 0.15) is 0 Å². The molecular formula is C10H15N5. The van der Waals surface area contributed by atoms with Crippen molar-refractivity contribution in [1.82, 2.24) is 19.8 Å². The molecule has 0 aliphatic heterocycles. The molecule has 2 aromatic rings. The van der Waals surface area contributed by atoms with Crippen molar-refractivity contribution in [1.29, 1.82) is 0 Å². The summed E-state index contributed by atoms with van der Waals surface area (Å²) in [4.78, 5) is 0. The Bertz CT molecular complexity index is 432. The van der Waals surface area contributed by atoms with Crippen LogP contribution in [0.25, 0.3) is 5.65 Å². The first-order chi connectivity index (χ1) is 7.35. The summed E-state index contributed by atoms with van der Waals surface area (Å²) >= 11 is 0. The Hall–Kier alpha value is -1.49. The molecule has 0 amide bonds. The minimum atomic E-state index is 0.458. The Labute approximate surface area is 88.3 Å².